The van der Waals surface area contributed by atoms with E-state index in [9.17, 15) is 35.9 Å². The highest BCUT2D eigenvalue weighted by molar-refractivity contribution is 5.84. The zero-order valence-corrected chi connectivity index (χ0v) is 24.2. The van der Waals surface area contributed by atoms with E-state index in [1.165, 1.54) is 6.92 Å². The van der Waals surface area contributed by atoms with E-state index in [2.05, 4.69) is 31.0 Å². The van der Waals surface area contributed by atoms with Gasteiger partial charge in [0.25, 0.3) is 0 Å². The molecule has 1 atom stereocenters. The maximum Gasteiger partial charge on any atom is 0.416 e. The van der Waals surface area contributed by atoms with Crippen LogP contribution in [0.2, 0.25) is 0 Å². The van der Waals surface area contributed by atoms with E-state index in [-0.39, 0.29) is 29.1 Å². The van der Waals surface area contributed by atoms with Crippen LogP contribution in [0.1, 0.15) is 81.5 Å². The summed E-state index contributed by atoms with van der Waals surface area (Å²) in [5.74, 6) is -1.89. The van der Waals surface area contributed by atoms with Crippen LogP contribution in [0, 0.1) is 0 Å². The second-order valence-corrected chi connectivity index (χ2v) is 12.4. The molecule has 4 rings (SSSR count). The third kappa shape index (κ3) is 6.93. The minimum Gasteiger partial charge on any atom is -0.346 e. The Morgan fingerprint density at radius 1 is 0.905 bits per heavy atom. The molecule has 0 bridgehead atoms. The van der Waals surface area contributed by atoms with E-state index in [4.69, 9.17) is 0 Å². The number of carbonyl (C=O) groups excluding carboxylic acids is 2. The van der Waals surface area contributed by atoms with Gasteiger partial charge >= 0.3 is 12.4 Å². The fourth-order valence-corrected chi connectivity index (χ4v) is 6.02. The molecule has 42 heavy (non-hydrogen) atoms. The number of rotatable bonds is 5. The third-order valence-electron chi connectivity index (χ3n) is 8.65. The van der Waals surface area contributed by atoms with Crippen LogP contribution in [0.25, 0.3) is 0 Å². The molecule has 2 aromatic rings. The second-order valence-electron chi connectivity index (χ2n) is 12.4. The summed E-state index contributed by atoms with van der Waals surface area (Å²) in [5, 5.41) is 3.01. The van der Waals surface area contributed by atoms with E-state index in [1.807, 2.05) is 35.2 Å². The SMILES string of the molecule is C[C@H](C(=O)NC1(c2ccccc2)CCC(N2CCN(C(C)(C)C)CC2=O)CC1)c1cc(C(F)(F)F)cc(C(F)(F)F)c1. The van der Waals surface area contributed by atoms with Crippen molar-refractivity contribution in [3.05, 3.63) is 70.8 Å². The van der Waals surface area contributed by atoms with Gasteiger partial charge in [-0.25, -0.2) is 0 Å². The zero-order valence-electron chi connectivity index (χ0n) is 24.2. The molecule has 0 unspecified atom stereocenters. The lowest BCUT2D eigenvalue weighted by molar-refractivity contribution is -0.143. The lowest BCUT2D eigenvalue weighted by Crippen LogP contribution is -2.60. The van der Waals surface area contributed by atoms with E-state index in [0.717, 1.165) is 12.1 Å². The molecule has 1 aliphatic heterocycles. The highest BCUT2D eigenvalue weighted by Crippen LogP contribution is 2.41. The van der Waals surface area contributed by atoms with E-state index < -0.39 is 40.8 Å². The van der Waals surface area contributed by atoms with Crippen LogP contribution >= 0.6 is 0 Å². The summed E-state index contributed by atoms with van der Waals surface area (Å²) in [6, 6.07) is 10.4. The fourth-order valence-electron chi connectivity index (χ4n) is 6.02. The lowest BCUT2D eigenvalue weighted by atomic mass is 9.74. The Morgan fingerprint density at radius 3 is 1.93 bits per heavy atom. The molecule has 1 saturated heterocycles. The number of piperazine rings is 1. The largest absolute Gasteiger partial charge is 0.416 e. The molecule has 0 radical (unpaired) electrons. The molecule has 230 valence electrons. The first kappa shape index (κ1) is 31.8. The molecule has 1 saturated carbocycles. The minimum absolute atomic E-state index is 0.0245. The number of carbonyl (C=O) groups is 2. The monoisotopic (exact) mass is 597 g/mol. The quantitative estimate of drug-likeness (QED) is 0.389. The van der Waals surface area contributed by atoms with Crippen molar-refractivity contribution in [3.8, 4) is 0 Å². The first-order valence-corrected chi connectivity index (χ1v) is 14.1. The summed E-state index contributed by atoms with van der Waals surface area (Å²) < 4.78 is 80.7. The average Bonchev–Trinajstić information content (AvgIpc) is 2.92. The first-order chi connectivity index (χ1) is 19.4. The molecule has 0 spiro atoms. The molecule has 2 aromatic carbocycles. The normalized spacial score (nSPS) is 23.5. The van der Waals surface area contributed by atoms with Crippen LogP contribution in [-0.4, -0.2) is 52.8 Å². The smallest absolute Gasteiger partial charge is 0.346 e. The summed E-state index contributed by atoms with van der Waals surface area (Å²) in [5.41, 5.74) is -3.49. The summed E-state index contributed by atoms with van der Waals surface area (Å²) in [7, 11) is 0. The van der Waals surface area contributed by atoms with Crippen LogP contribution < -0.4 is 5.32 Å². The van der Waals surface area contributed by atoms with Crippen molar-refractivity contribution in [2.75, 3.05) is 19.6 Å². The summed E-state index contributed by atoms with van der Waals surface area (Å²) in [4.78, 5) is 30.6. The van der Waals surface area contributed by atoms with Crippen molar-refractivity contribution >= 4 is 11.8 Å². The summed E-state index contributed by atoms with van der Waals surface area (Å²) >= 11 is 0. The van der Waals surface area contributed by atoms with E-state index in [0.29, 0.717) is 50.9 Å². The van der Waals surface area contributed by atoms with E-state index >= 15 is 0 Å². The average molecular weight is 598 g/mol. The fraction of sp³-hybridized carbons (Fsp3) is 0.548. The number of halogens is 6. The maximum absolute atomic E-state index is 13.5. The van der Waals surface area contributed by atoms with Crippen molar-refractivity contribution < 1.29 is 35.9 Å². The van der Waals surface area contributed by atoms with Gasteiger partial charge < -0.3 is 10.2 Å². The van der Waals surface area contributed by atoms with Gasteiger partial charge in [0.1, 0.15) is 0 Å². The molecule has 0 aromatic heterocycles. The van der Waals surface area contributed by atoms with Crippen molar-refractivity contribution in [2.45, 2.75) is 88.8 Å². The number of amides is 2. The summed E-state index contributed by atoms with van der Waals surface area (Å²) in [6.07, 6.45) is -7.91. The van der Waals surface area contributed by atoms with Gasteiger partial charge in [0.05, 0.1) is 29.1 Å². The number of hydrogen-bond donors (Lipinski definition) is 1. The van der Waals surface area contributed by atoms with Gasteiger partial charge in [-0.15, -0.1) is 0 Å². The van der Waals surface area contributed by atoms with Crippen molar-refractivity contribution in [1.29, 1.82) is 0 Å². The Balaban J connectivity index is 1.56. The minimum atomic E-state index is -5.01. The molecule has 1 N–H and O–H groups in total. The van der Waals surface area contributed by atoms with Crippen molar-refractivity contribution in [3.63, 3.8) is 0 Å². The van der Waals surface area contributed by atoms with Gasteiger partial charge in [-0.2, -0.15) is 26.3 Å². The Morgan fingerprint density at radius 2 is 1.45 bits per heavy atom. The molecule has 2 fully saturated rings. The molecule has 5 nitrogen and oxygen atoms in total. The molecule has 2 amide bonds. The van der Waals surface area contributed by atoms with Gasteiger partial charge in [0.2, 0.25) is 11.8 Å². The topological polar surface area (TPSA) is 52.7 Å². The van der Waals surface area contributed by atoms with Crippen LogP contribution in [-0.2, 0) is 27.5 Å². The highest BCUT2D eigenvalue weighted by Gasteiger charge is 2.43. The Hall–Kier alpha value is -3.08. The molecular formula is C31H37F6N3O2. The number of nitrogens with one attached hydrogen (secondary N) is 1. The van der Waals surface area contributed by atoms with Crippen molar-refractivity contribution in [2.24, 2.45) is 0 Å². The predicted octanol–water partition coefficient (Wildman–Crippen LogP) is 6.72. The Labute approximate surface area is 242 Å². The highest BCUT2D eigenvalue weighted by atomic mass is 19.4. The third-order valence-corrected chi connectivity index (χ3v) is 8.65. The van der Waals surface area contributed by atoms with Crippen LogP contribution in [0.5, 0.6) is 0 Å². The van der Waals surface area contributed by atoms with Gasteiger partial charge in [-0.3, -0.25) is 14.5 Å². The van der Waals surface area contributed by atoms with Gasteiger partial charge in [0, 0.05) is 24.7 Å². The molecular weight excluding hydrogens is 560 g/mol. The molecule has 11 heteroatoms. The Kier molecular flexibility index (Phi) is 8.75. The molecule has 1 aliphatic carbocycles. The first-order valence-electron chi connectivity index (χ1n) is 14.1. The van der Waals surface area contributed by atoms with Crippen LogP contribution in [0.4, 0.5) is 26.3 Å². The number of alkyl halides is 6. The van der Waals surface area contributed by atoms with Crippen LogP contribution in [0.15, 0.2) is 48.5 Å². The number of hydrogen-bond acceptors (Lipinski definition) is 3. The molecule has 1 heterocycles. The van der Waals surface area contributed by atoms with Gasteiger partial charge in [-0.1, -0.05) is 30.3 Å². The predicted molar refractivity (Wildman–Crippen MR) is 146 cm³/mol. The van der Waals surface area contributed by atoms with Gasteiger partial charge in [0.15, 0.2) is 0 Å². The molecule has 2 aliphatic rings. The number of nitrogens with zero attached hydrogens (tertiary/aromatic N) is 2. The Bertz CT molecular complexity index is 1250. The summed E-state index contributed by atoms with van der Waals surface area (Å²) in [6.45, 7) is 9.19. The number of benzene rings is 2. The van der Waals surface area contributed by atoms with Gasteiger partial charge in [-0.05, 0) is 82.7 Å². The van der Waals surface area contributed by atoms with Crippen LogP contribution in [0.3, 0.4) is 0 Å². The van der Waals surface area contributed by atoms with Crippen molar-refractivity contribution in [1.82, 2.24) is 15.1 Å². The maximum atomic E-state index is 13.5. The zero-order chi connectivity index (χ0) is 31.1. The van der Waals surface area contributed by atoms with E-state index in [1.54, 1.807) is 0 Å². The standard InChI is InChI=1S/C31H37F6N3O2/c1-20(21-16-23(30(32,33)34)18-24(17-21)31(35,36)37)27(42)38-29(22-8-6-5-7-9-22)12-10-25(11-13-29)40-15-14-39(19-26(40)41)28(2,3)4/h5-9,16-18,20,25H,10-15,19H2,1-4H3,(H,38,42)/t20-,25?,29?/m0/s1. The second kappa shape index (κ2) is 11.5. The lowest BCUT2D eigenvalue weighted by Gasteiger charge is -2.48.